The van der Waals surface area contributed by atoms with Crippen LogP contribution in [0, 0.1) is 11.8 Å². The molecule has 127 heavy (non-hydrogen) atoms. The van der Waals surface area contributed by atoms with Crippen molar-refractivity contribution in [2.24, 2.45) is 57.7 Å². The number of nitrogens with one attached hydrogen (secondary N) is 15. The number of hydrogen-bond acceptors (Lipinski definition) is 19. The van der Waals surface area contributed by atoms with Gasteiger partial charge in [-0.1, -0.05) is 107 Å². The molecule has 0 unspecified atom stereocenters. The summed E-state index contributed by atoms with van der Waals surface area (Å²) in [6.45, 7) is 9.14. The van der Waals surface area contributed by atoms with E-state index in [1.54, 1.807) is 24.8 Å². The molecule has 0 saturated carbocycles. The molecule has 0 aliphatic carbocycles. The van der Waals surface area contributed by atoms with Crippen LogP contribution >= 0.6 is 0 Å². The van der Waals surface area contributed by atoms with Crippen molar-refractivity contribution in [1.29, 1.82) is 0 Å². The molecule has 8 rings (SSSR count). The van der Waals surface area contributed by atoms with Crippen molar-refractivity contribution in [3.8, 4) is 0 Å². The van der Waals surface area contributed by atoms with E-state index in [1.165, 1.54) is 0 Å². The number of rotatable bonds is 59. The number of aromatic amines is 4. The number of hydrogen-bond donors (Lipinski definition) is 23. The molecule has 31 N–H and O–H groups in total. The Morgan fingerprint density at radius 1 is 0.260 bits per heavy atom. The average Bonchev–Trinajstić information content (AvgIpc) is 1.71. The zero-order valence-corrected chi connectivity index (χ0v) is 73.9. The van der Waals surface area contributed by atoms with Gasteiger partial charge in [-0.3, -0.25) is 57.5 Å². The van der Waals surface area contributed by atoms with E-state index in [1.807, 2.05) is 125 Å². The van der Waals surface area contributed by atoms with Crippen LogP contribution in [0.3, 0.4) is 0 Å². The normalized spacial score (nSPS) is 14.4. The molecule has 8 aromatic rings. The van der Waals surface area contributed by atoms with Crippen LogP contribution in [-0.4, -0.2) is 203 Å². The van der Waals surface area contributed by atoms with Gasteiger partial charge in [-0.15, -0.1) is 0 Å². The molecule has 0 aliphatic rings. The molecule has 35 nitrogen and oxygen atoms in total. The summed E-state index contributed by atoms with van der Waals surface area (Å²) in [5.74, 6) is -9.44. The molecule has 4 aromatic heterocycles. The molecular formula is C92H137N23O12. The third-order valence-corrected chi connectivity index (χ3v) is 22.8. The maximum Gasteiger partial charge on any atom is 0.243 e. The summed E-state index contributed by atoms with van der Waals surface area (Å²) in [4.78, 5) is 191. The van der Waals surface area contributed by atoms with E-state index in [-0.39, 0.29) is 109 Å². The number of primary amides is 1. The summed E-state index contributed by atoms with van der Waals surface area (Å²) in [6.07, 6.45) is 12.7. The fraction of sp³-hybridized carbons (Fsp3) is 0.522. The van der Waals surface area contributed by atoms with Gasteiger partial charge >= 0.3 is 0 Å². The lowest BCUT2D eigenvalue weighted by Crippen LogP contribution is -2.61. The maximum absolute atomic E-state index is 15.6. The number of nitrogens with two attached hydrogens (primary N) is 8. The lowest BCUT2D eigenvalue weighted by atomic mass is 9.99. The van der Waals surface area contributed by atoms with Gasteiger partial charge in [0.1, 0.15) is 66.5 Å². The molecule has 0 saturated heterocycles. The first kappa shape index (κ1) is 101. The number of aromatic nitrogens is 4. The van der Waals surface area contributed by atoms with Gasteiger partial charge in [0, 0.05) is 94.1 Å². The number of carbonyl (C=O) groups is 12. The van der Waals surface area contributed by atoms with Crippen molar-refractivity contribution in [1.82, 2.24) is 78.4 Å². The number of amides is 12. The van der Waals surface area contributed by atoms with Crippen LogP contribution in [0.1, 0.15) is 178 Å². The highest BCUT2D eigenvalue weighted by Crippen LogP contribution is 2.26. The third kappa shape index (κ3) is 31.4. The fourth-order valence-corrected chi connectivity index (χ4v) is 15.8. The molecule has 0 bridgehead atoms. The van der Waals surface area contributed by atoms with Gasteiger partial charge in [-0.25, -0.2) is 0 Å². The molecule has 692 valence electrons. The van der Waals surface area contributed by atoms with Gasteiger partial charge in [-0.05, 0) is 220 Å². The first-order valence-electron chi connectivity index (χ1n) is 45.0. The van der Waals surface area contributed by atoms with Crippen molar-refractivity contribution >= 4 is 114 Å². The lowest BCUT2D eigenvalue weighted by Gasteiger charge is -2.29. The summed E-state index contributed by atoms with van der Waals surface area (Å²) in [7, 11) is 0. The standard InChI is InChI=1S/C92H137N23O12/c1-55(2)45-75(111-90(125)77(110-82(117)65(99)29-13-19-39-93)47-57-51-101-66-30-9-5-25-61(57)66)87(122)107-72(36-16-22-42-96)84(119)106-73(37-17-23-43-97)85(120)113-79(49-59-53-103-68-32-11-7-27-63(59)68)91(126)112-76(46-56(3)4)88(123)108-74(38-18-24-44-98)86(121)114-80(50-60-54-104-69-33-12-8-28-64(60)69)92(127)115-78(48-58-52-102-67-31-10-6-26-62(58)67)89(124)109-71(35-15-21-41-95)83(118)105-70(81(100)116)34-14-20-40-94/h5-12,25-28,30-33,51-56,65,70-80,101-104H,13-24,29,34-50,93-99H2,1-4H3,(H2,100,116)(H,105,118)(H,106,119)(H,107,122)(H,108,123)(H,109,124)(H,110,117)(H,111,125)(H,112,126)(H,113,120)(H,114,121)(H,115,127)/t65-,70-,71-,72-,73-,74-,75-,76-,77-,78-,79-,80-/m0/s1. The SMILES string of the molecule is CC(C)C[C@H](NC(=O)[C@H](Cc1c[nH]c2ccccc12)NC(=O)[C@H](CCCCN)NC(=O)[C@H](CCCCN)NC(=O)[C@H](CC(C)C)NC(=O)[C@H](Cc1c[nH]c2ccccc12)NC(=O)[C@@H](N)CCCCN)C(=O)N[C@@H](CCCCN)C(=O)N[C@@H](Cc1c[nH]c2ccccc12)C(=O)N[C@@H](Cc1c[nH]c2ccccc12)C(=O)N[C@@H](CCCCN)C(=O)N[C@@H](CCCCN)C(N)=O. The van der Waals surface area contributed by atoms with Crippen molar-refractivity contribution < 1.29 is 57.5 Å². The van der Waals surface area contributed by atoms with Crippen LogP contribution < -0.4 is 104 Å². The van der Waals surface area contributed by atoms with Crippen molar-refractivity contribution in [2.75, 3.05) is 39.3 Å². The van der Waals surface area contributed by atoms with Gasteiger partial charge in [0.25, 0.3) is 0 Å². The van der Waals surface area contributed by atoms with Gasteiger partial charge < -0.3 is 124 Å². The van der Waals surface area contributed by atoms with Gasteiger partial charge in [0.2, 0.25) is 70.9 Å². The highest BCUT2D eigenvalue weighted by molar-refractivity contribution is 6.01. The number of H-pyrrole nitrogens is 4. The molecule has 0 fully saturated rings. The summed E-state index contributed by atoms with van der Waals surface area (Å²) >= 11 is 0. The van der Waals surface area contributed by atoms with Crippen LogP contribution in [0.5, 0.6) is 0 Å². The Labute approximate surface area is 742 Å². The number of carbonyl (C=O) groups excluding carboxylic acids is 12. The highest BCUT2D eigenvalue weighted by Gasteiger charge is 2.39. The summed E-state index contributed by atoms with van der Waals surface area (Å²) in [6, 6.07) is 14.0. The molecule has 4 aromatic carbocycles. The van der Waals surface area contributed by atoms with Crippen LogP contribution in [0.2, 0.25) is 0 Å². The second-order valence-corrected chi connectivity index (χ2v) is 33.9. The molecule has 12 amide bonds. The average molecular weight is 1760 g/mol. The van der Waals surface area contributed by atoms with Crippen LogP contribution in [0.4, 0.5) is 0 Å². The second kappa shape index (κ2) is 52.5. The van der Waals surface area contributed by atoms with E-state index in [0.29, 0.717) is 113 Å². The van der Waals surface area contributed by atoms with Crippen molar-refractivity contribution in [3.05, 3.63) is 144 Å². The molecule has 12 atom stereocenters. The van der Waals surface area contributed by atoms with E-state index in [9.17, 15) is 24.0 Å². The Morgan fingerprint density at radius 3 is 0.701 bits per heavy atom. The Balaban J connectivity index is 1.07. The molecule has 0 radical (unpaired) electrons. The molecule has 0 aliphatic heterocycles. The predicted octanol–water partition coefficient (Wildman–Crippen LogP) is 2.89. The Hall–Kier alpha value is -11.6. The number of fused-ring (bicyclic) bond motifs is 4. The molecule has 0 spiro atoms. The minimum absolute atomic E-state index is 0.00751. The van der Waals surface area contributed by atoms with E-state index < -0.39 is 143 Å². The Kier molecular flexibility index (Phi) is 41.7. The van der Waals surface area contributed by atoms with Crippen LogP contribution in [0.15, 0.2) is 122 Å². The third-order valence-electron chi connectivity index (χ3n) is 22.8. The summed E-state index contributed by atoms with van der Waals surface area (Å²) in [5.41, 5.74) is 53.1. The first-order valence-corrected chi connectivity index (χ1v) is 45.0. The van der Waals surface area contributed by atoms with E-state index in [2.05, 4.69) is 78.4 Å². The van der Waals surface area contributed by atoms with Gasteiger partial charge in [0.15, 0.2) is 0 Å². The topological polar surface area (TPSA) is 608 Å². The number of unbranched alkanes of at least 4 members (excludes halogenated alkanes) is 6. The number of benzene rings is 4. The van der Waals surface area contributed by atoms with E-state index in [0.717, 1.165) is 49.2 Å². The zero-order chi connectivity index (χ0) is 91.9. The Morgan fingerprint density at radius 2 is 0.457 bits per heavy atom. The smallest absolute Gasteiger partial charge is 0.243 e. The summed E-state index contributed by atoms with van der Waals surface area (Å²) in [5, 5.41) is 34.7. The number of para-hydroxylation sites is 4. The van der Waals surface area contributed by atoms with Crippen molar-refractivity contribution in [3.63, 3.8) is 0 Å². The largest absolute Gasteiger partial charge is 0.368 e. The van der Waals surface area contributed by atoms with E-state index >= 15 is 33.6 Å². The monoisotopic (exact) mass is 1760 g/mol. The quantitative estimate of drug-likeness (QED) is 0.0244. The lowest BCUT2D eigenvalue weighted by molar-refractivity contribution is -0.136. The second-order valence-electron chi connectivity index (χ2n) is 33.9. The Bertz CT molecular complexity index is 4880. The van der Waals surface area contributed by atoms with Crippen LogP contribution in [0.25, 0.3) is 43.6 Å². The zero-order valence-electron chi connectivity index (χ0n) is 73.9. The minimum Gasteiger partial charge on any atom is -0.368 e. The summed E-state index contributed by atoms with van der Waals surface area (Å²) < 4.78 is 0. The van der Waals surface area contributed by atoms with Crippen LogP contribution in [-0.2, 0) is 83.2 Å². The maximum atomic E-state index is 15.6. The molecular weight excluding hydrogens is 1620 g/mol. The van der Waals surface area contributed by atoms with Crippen molar-refractivity contribution in [2.45, 2.75) is 254 Å². The highest BCUT2D eigenvalue weighted by atomic mass is 16.2. The van der Waals surface area contributed by atoms with Gasteiger partial charge in [-0.2, -0.15) is 0 Å². The van der Waals surface area contributed by atoms with Gasteiger partial charge in [0.05, 0.1) is 6.04 Å². The minimum atomic E-state index is -1.47. The first-order chi connectivity index (χ1) is 61.2. The fourth-order valence-electron chi connectivity index (χ4n) is 15.8. The predicted molar refractivity (Wildman–Crippen MR) is 493 cm³/mol. The molecule has 4 heterocycles. The van der Waals surface area contributed by atoms with E-state index in [4.69, 9.17) is 45.9 Å². The molecule has 35 heteroatoms.